The van der Waals surface area contributed by atoms with Crippen molar-refractivity contribution >= 4 is 5.91 Å². The molecule has 3 rings (SSSR count). The van der Waals surface area contributed by atoms with E-state index in [2.05, 4.69) is 48.3 Å². The van der Waals surface area contributed by atoms with Crippen molar-refractivity contribution in [1.82, 2.24) is 10.2 Å². The van der Waals surface area contributed by atoms with Crippen molar-refractivity contribution in [2.45, 2.75) is 51.3 Å². The number of hydrogen-bond acceptors (Lipinski definition) is 3. The number of rotatable bonds is 4. The zero-order chi connectivity index (χ0) is 16.3. The number of nitrogens with one attached hydrogen (secondary N) is 1. The fourth-order valence-corrected chi connectivity index (χ4v) is 3.71. The predicted molar refractivity (Wildman–Crippen MR) is 91.0 cm³/mol. The van der Waals surface area contributed by atoms with Gasteiger partial charge in [-0.1, -0.05) is 30.3 Å². The molecule has 1 N–H and O–H groups in total. The second-order valence-corrected chi connectivity index (χ2v) is 7.51. The minimum atomic E-state index is -0.120. The highest BCUT2D eigenvalue weighted by molar-refractivity contribution is 5.79. The Morgan fingerprint density at radius 3 is 2.83 bits per heavy atom. The zero-order valence-electron chi connectivity index (χ0n) is 14.3. The molecule has 2 aliphatic rings. The standard InChI is InChI=1S/C19H28N2O2/c1-19(2)12-17(9-11-23-19)20-18(22)16-8-10-21(14-16)13-15-6-4-3-5-7-15/h3-7,16-17H,8-14H2,1-2H3,(H,20,22)/t16-,17+/m0/s1. The number of nitrogens with zero attached hydrogens (tertiary/aromatic N) is 1. The van der Waals surface area contributed by atoms with Gasteiger partial charge in [0.05, 0.1) is 11.5 Å². The average molecular weight is 316 g/mol. The Bertz CT molecular complexity index is 529. The molecule has 0 bridgehead atoms. The highest BCUT2D eigenvalue weighted by Gasteiger charge is 2.33. The first kappa shape index (κ1) is 16.5. The quantitative estimate of drug-likeness (QED) is 0.928. The SMILES string of the molecule is CC1(C)C[C@H](NC(=O)[C@H]2CCN(Cc3ccccc3)C2)CCO1. The van der Waals surface area contributed by atoms with Gasteiger partial charge in [-0.15, -0.1) is 0 Å². The lowest BCUT2D eigenvalue weighted by Gasteiger charge is -2.36. The number of carbonyl (C=O) groups excluding carboxylic acids is 1. The van der Waals surface area contributed by atoms with Crippen LogP contribution in [0.1, 0.15) is 38.7 Å². The Morgan fingerprint density at radius 1 is 1.30 bits per heavy atom. The third-order valence-electron chi connectivity index (χ3n) is 4.94. The van der Waals surface area contributed by atoms with Crippen molar-refractivity contribution in [2.75, 3.05) is 19.7 Å². The molecule has 0 saturated carbocycles. The van der Waals surface area contributed by atoms with E-state index in [4.69, 9.17) is 4.74 Å². The van der Waals surface area contributed by atoms with Crippen LogP contribution in [0.15, 0.2) is 30.3 Å². The van der Waals surface area contributed by atoms with Crippen molar-refractivity contribution in [1.29, 1.82) is 0 Å². The molecule has 0 aliphatic carbocycles. The van der Waals surface area contributed by atoms with Crippen LogP contribution in [-0.2, 0) is 16.1 Å². The summed E-state index contributed by atoms with van der Waals surface area (Å²) in [7, 11) is 0. The molecule has 0 spiro atoms. The van der Waals surface area contributed by atoms with Crippen LogP contribution in [0, 0.1) is 5.92 Å². The topological polar surface area (TPSA) is 41.6 Å². The summed E-state index contributed by atoms with van der Waals surface area (Å²) >= 11 is 0. The van der Waals surface area contributed by atoms with Gasteiger partial charge in [0.2, 0.25) is 5.91 Å². The Kier molecular flexibility index (Phi) is 5.02. The smallest absolute Gasteiger partial charge is 0.224 e. The molecule has 1 amide bonds. The maximum atomic E-state index is 12.5. The van der Waals surface area contributed by atoms with Crippen LogP contribution in [0.2, 0.25) is 0 Å². The first-order valence-corrected chi connectivity index (χ1v) is 8.72. The van der Waals surface area contributed by atoms with Crippen molar-refractivity contribution in [3.05, 3.63) is 35.9 Å². The van der Waals surface area contributed by atoms with Gasteiger partial charge < -0.3 is 10.1 Å². The molecule has 2 fully saturated rings. The minimum Gasteiger partial charge on any atom is -0.375 e. The van der Waals surface area contributed by atoms with Crippen LogP contribution in [0.3, 0.4) is 0 Å². The van der Waals surface area contributed by atoms with E-state index in [1.807, 2.05) is 6.07 Å². The molecule has 23 heavy (non-hydrogen) atoms. The first-order valence-electron chi connectivity index (χ1n) is 8.72. The monoisotopic (exact) mass is 316 g/mol. The van der Waals surface area contributed by atoms with Crippen LogP contribution in [0.5, 0.6) is 0 Å². The molecule has 1 aromatic carbocycles. The summed E-state index contributed by atoms with van der Waals surface area (Å²) < 4.78 is 5.73. The van der Waals surface area contributed by atoms with Crippen LogP contribution in [0.25, 0.3) is 0 Å². The lowest BCUT2D eigenvalue weighted by atomic mass is 9.93. The largest absolute Gasteiger partial charge is 0.375 e. The van der Waals surface area contributed by atoms with Gasteiger partial charge in [-0.25, -0.2) is 0 Å². The van der Waals surface area contributed by atoms with E-state index in [1.165, 1.54) is 5.56 Å². The molecule has 1 aromatic rings. The third kappa shape index (κ3) is 4.55. The van der Waals surface area contributed by atoms with E-state index < -0.39 is 0 Å². The van der Waals surface area contributed by atoms with Crippen LogP contribution in [-0.4, -0.2) is 42.1 Å². The van der Waals surface area contributed by atoms with E-state index in [-0.39, 0.29) is 23.5 Å². The van der Waals surface area contributed by atoms with Crippen LogP contribution in [0.4, 0.5) is 0 Å². The number of ether oxygens (including phenoxy) is 1. The summed E-state index contributed by atoms with van der Waals surface area (Å²) in [6.07, 6.45) is 2.79. The Hall–Kier alpha value is -1.39. The van der Waals surface area contributed by atoms with E-state index >= 15 is 0 Å². The molecule has 4 nitrogen and oxygen atoms in total. The highest BCUT2D eigenvalue weighted by Crippen LogP contribution is 2.25. The third-order valence-corrected chi connectivity index (χ3v) is 4.94. The van der Waals surface area contributed by atoms with E-state index in [0.717, 1.165) is 45.5 Å². The van der Waals surface area contributed by atoms with Gasteiger partial charge in [0.25, 0.3) is 0 Å². The molecule has 0 aromatic heterocycles. The second kappa shape index (κ2) is 7.02. The number of carbonyl (C=O) groups is 1. The van der Waals surface area contributed by atoms with Gasteiger partial charge in [-0.05, 0) is 45.2 Å². The van der Waals surface area contributed by atoms with E-state index in [0.29, 0.717) is 0 Å². The molecule has 2 saturated heterocycles. The summed E-state index contributed by atoms with van der Waals surface area (Å²) in [6, 6.07) is 10.7. The number of amides is 1. The lowest BCUT2D eigenvalue weighted by Crippen LogP contribution is -2.47. The fraction of sp³-hybridized carbons (Fsp3) is 0.632. The van der Waals surface area contributed by atoms with Gasteiger partial charge in [-0.2, -0.15) is 0 Å². The molecule has 2 atom stereocenters. The molecular weight excluding hydrogens is 288 g/mol. The maximum Gasteiger partial charge on any atom is 0.224 e. The van der Waals surface area contributed by atoms with E-state index in [1.54, 1.807) is 0 Å². The summed E-state index contributed by atoms with van der Waals surface area (Å²) in [5.74, 6) is 0.355. The number of likely N-dealkylation sites (tertiary alicyclic amines) is 1. The van der Waals surface area contributed by atoms with Crippen LogP contribution >= 0.6 is 0 Å². The average Bonchev–Trinajstić information content (AvgIpc) is 2.96. The number of benzene rings is 1. The Labute approximate surface area is 139 Å². The molecule has 4 heteroatoms. The van der Waals surface area contributed by atoms with Crippen molar-refractivity contribution in [3.8, 4) is 0 Å². The van der Waals surface area contributed by atoms with Gasteiger partial charge in [-0.3, -0.25) is 9.69 Å². The Morgan fingerprint density at radius 2 is 2.09 bits per heavy atom. The Balaban J connectivity index is 1.48. The molecule has 0 radical (unpaired) electrons. The number of hydrogen-bond donors (Lipinski definition) is 1. The van der Waals surface area contributed by atoms with Gasteiger partial charge in [0.1, 0.15) is 0 Å². The summed E-state index contributed by atoms with van der Waals surface area (Å²) in [4.78, 5) is 14.9. The minimum absolute atomic E-state index is 0.120. The lowest BCUT2D eigenvalue weighted by molar-refractivity contribution is -0.127. The maximum absolute atomic E-state index is 12.5. The highest BCUT2D eigenvalue weighted by atomic mass is 16.5. The molecular formula is C19H28N2O2. The summed E-state index contributed by atoms with van der Waals surface area (Å²) in [5, 5.41) is 3.26. The van der Waals surface area contributed by atoms with Crippen LogP contribution < -0.4 is 5.32 Å². The summed E-state index contributed by atoms with van der Waals surface area (Å²) in [6.45, 7) is 7.75. The molecule has 2 aliphatic heterocycles. The zero-order valence-corrected chi connectivity index (χ0v) is 14.3. The molecule has 0 unspecified atom stereocenters. The molecule has 2 heterocycles. The van der Waals surface area contributed by atoms with Crippen molar-refractivity contribution in [2.24, 2.45) is 5.92 Å². The molecule has 126 valence electrons. The van der Waals surface area contributed by atoms with Gasteiger partial charge >= 0.3 is 0 Å². The van der Waals surface area contributed by atoms with Crippen molar-refractivity contribution in [3.63, 3.8) is 0 Å². The predicted octanol–water partition coefficient (Wildman–Crippen LogP) is 2.58. The van der Waals surface area contributed by atoms with Gasteiger partial charge in [0.15, 0.2) is 0 Å². The summed E-state index contributed by atoms with van der Waals surface area (Å²) in [5.41, 5.74) is 1.20. The fourth-order valence-electron chi connectivity index (χ4n) is 3.71. The second-order valence-electron chi connectivity index (χ2n) is 7.51. The first-order chi connectivity index (χ1) is 11.0. The normalized spacial score (nSPS) is 27.7. The van der Waals surface area contributed by atoms with E-state index in [9.17, 15) is 4.79 Å². The van der Waals surface area contributed by atoms with Gasteiger partial charge in [0, 0.05) is 25.7 Å². The van der Waals surface area contributed by atoms with Crippen molar-refractivity contribution < 1.29 is 9.53 Å².